The van der Waals surface area contributed by atoms with E-state index in [4.69, 9.17) is 0 Å². The molecule has 5 nitrogen and oxygen atoms in total. The molecular formula is C16H25N3O2. The molecule has 1 N–H and O–H groups in total. The van der Waals surface area contributed by atoms with Crippen LogP contribution in [0.5, 0.6) is 0 Å². The average molecular weight is 291 g/mol. The van der Waals surface area contributed by atoms with Crippen molar-refractivity contribution in [3.8, 4) is 0 Å². The van der Waals surface area contributed by atoms with Crippen LogP contribution in [0.3, 0.4) is 0 Å². The summed E-state index contributed by atoms with van der Waals surface area (Å²) in [6.45, 7) is 5.22. The number of benzene rings is 1. The fourth-order valence-electron chi connectivity index (χ4n) is 3.19. The monoisotopic (exact) mass is 291 g/mol. The summed E-state index contributed by atoms with van der Waals surface area (Å²) < 4.78 is 0. The van der Waals surface area contributed by atoms with E-state index in [-0.39, 0.29) is 10.6 Å². The summed E-state index contributed by atoms with van der Waals surface area (Å²) in [4.78, 5) is 13.2. The maximum atomic E-state index is 11.1. The molecule has 1 unspecified atom stereocenters. The topological polar surface area (TPSA) is 58.4 Å². The highest BCUT2D eigenvalue weighted by molar-refractivity contribution is 5.66. The van der Waals surface area contributed by atoms with Crippen molar-refractivity contribution in [2.45, 2.75) is 39.2 Å². The van der Waals surface area contributed by atoms with E-state index in [1.807, 2.05) is 6.07 Å². The van der Waals surface area contributed by atoms with Crippen LogP contribution in [0.25, 0.3) is 0 Å². The second-order valence-corrected chi connectivity index (χ2v) is 5.80. The Hall–Kier alpha value is -1.62. The molecule has 0 radical (unpaired) electrons. The lowest BCUT2D eigenvalue weighted by molar-refractivity contribution is -0.384. The zero-order valence-electron chi connectivity index (χ0n) is 13.0. The van der Waals surface area contributed by atoms with Crippen molar-refractivity contribution < 1.29 is 4.92 Å². The van der Waals surface area contributed by atoms with Gasteiger partial charge in [0.1, 0.15) is 5.69 Å². The third-order valence-electron chi connectivity index (χ3n) is 4.49. The smallest absolute Gasteiger partial charge is 0.292 e. The zero-order chi connectivity index (χ0) is 15.2. The van der Waals surface area contributed by atoms with E-state index in [0.717, 1.165) is 31.1 Å². The summed E-state index contributed by atoms with van der Waals surface area (Å²) in [5.74, 6) is 0.837. The number of para-hydroxylation sites is 1. The average Bonchev–Trinajstić information content (AvgIpc) is 2.72. The van der Waals surface area contributed by atoms with Crippen LogP contribution in [-0.2, 0) is 6.54 Å². The quantitative estimate of drug-likeness (QED) is 0.664. The molecule has 116 valence electrons. The summed E-state index contributed by atoms with van der Waals surface area (Å²) >= 11 is 0. The third kappa shape index (κ3) is 3.94. The maximum Gasteiger partial charge on any atom is 0.292 e. The Bertz CT molecular complexity index is 490. The van der Waals surface area contributed by atoms with Gasteiger partial charge in [-0.3, -0.25) is 15.0 Å². The van der Waals surface area contributed by atoms with E-state index < -0.39 is 0 Å². The third-order valence-corrected chi connectivity index (χ3v) is 4.49. The van der Waals surface area contributed by atoms with Gasteiger partial charge >= 0.3 is 0 Å². The van der Waals surface area contributed by atoms with Gasteiger partial charge in [0, 0.05) is 19.7 Å². The minimum Gasteiger partial charge on any atom is -0.382 e. The summed E-state index contributed by atoms with van der Waals surface area (Å²) in [6.07, 6.45) is 5.02. The van der Waals surface area contributed by atoms with Gasteiger partial charge in [0.15, 0.2) is 0 Å². The molecule has 1 aromatic carbocycles. The van der Waals surface area contributed by atoms with Crippen LogP contribution in [0, 0.1) is 16.0 Å². The number of hydrogen-bond donors (Lipinski definition) is 1. The molecule has 0 aliphatic carbocycles. The molecule has 1 aromatic rings. The van der Waals surface area contributed by atoms with Gasteiger partial charge in [-0.2, -0.15) is 0 Å². The van der Waals surface area contributed by atoms with Crippen LogP contribution >= 0.6 is 0 Å². The number of nitro groups is 1. The SMILES string of the molecule is CCC1CCCN(Cc2cccc([N+](=O)[O-])c2NC)CC1. The molecule has 0 aromatic heterocycles. The van der Waals surface area contributed by atoms with Gasteiger partial charge in [-0.1, -0.05) is 25.5 Å². The highest BCUT2D eigenvalue weighted by Gasteiger charge is 2.20. The van der Waals surface area contributed by atoms with E-state index in [1.165, 1.54) is 25.7 Å². The molecule has 1 aliphatic rings. The fourth-order valence-corrected chi connectivity index (χ4v) is 3.19. The second kappa shape index (κ2) is 7.41. The molecule has 2 rings (SSSR count). The predicted octanol–water partition coefficient (Wildman–Crippen LogP) is 3.65. The van der Waals surface area contributed by atoms with Crippen molar-refractivity contribution >= 4 is 11.4 Å². The molecule has 1 heterocycles. The van der Waals surface area contributed by atoms with Crippen LogP contribution in [0.1, 0.15) is 38.2 Å². The standard InChI is InChI=1S/C16H25N3O2/c1-3-13-6-5-10-18(11-9-13)12-14-7-4-8-15(19(20)21)16(14)17-2/h4,7-8,13,17H,3,5-6,9-12H2,1-2H3. The van der Waals surface area contributed by atoms with Crippen LogP contribution in [0.15, 0.2) is 18.2 Å². The molecule has 1 fully saturated rings. The van der Waals surface area contributed by atoms with Crippen LogP contribution in [-0.4, -0.2) is 30.0 Å². The lowest BCUT2D eigenvalue weighted by atomic mass is 9.98. The van der Waals surface area contributed by atoms with Crippen molar-refractivity contribution in [1.82, 2.24) is 4.90 Å². The number of rotatable bonds is 5. The first-order valence-corrected chi connectivity index (χ1v) is 7.82. The number of nitro benzene ring substituents is 1. The summed E-state index contributed by atoms with van der Waals surface area (Å²) in [6, 6.07) is 5.33. The summed E-state index contributed by atoms with van der Waals surface area (Å²) in [5.41, 5.74) is 1.83. The molecule has 0 saturated carbocycles. The Morgan fingerprint density at radius 2 is 2.19 bits per heavy atom. The first-order chi connectivity index (χ1) is 10.2. The van der Waals surface area contributed by atoms with Gasteiger partial charge < -0.3 is 5.32 Å². The van der Waals surface area contributed by atoms with Gasteiger partial charge in [0.2, 0.25) is 0 Å². The Morgan fingerprint density at radius 1 is 1.38 bits per heavy atom. The molecule has 5 heteroatoms. The van der Waals surface area contributed by atoms with Crippen LogP contribution < -0.4 is 5.32 Å². The predicted molar refractivity (Wildman–Crippen MR) is 85.6 cm³/mol. The molecule has 21 heavy (non-hydrogen) atoms. The Morgan fingerprint density at radius 3 is 2.86 bits per heavy atom. The van der Waals surface area contributed by atoms with Crippen molar-refractivity contribution in [2.75, 3.05) is 25.5 Å². The Kier molecular flexibility index (Phi) is 5.56. The van der Waals surface area contributed by atoms with E-state index in [0.29, 0.717) is 5.69 Å². The van der Waals surface area contributed by atoms with Crippen LogP contribution in [0.2, 0.25) is 0 Å². The van der Waals surface area contributed by atoms with Gasteiger partial charge in [-0.15, -0.1) is 0 Å². The van der Waals surface area contributed by atoms with E-state index >= 15 is 0 Å². The Balaban J connectivity index is 2.12. The first kappa shape index (κ1) is 15.8. The van der Waals surface area contributed by atoms with E-state index in [9.17, 15) is 10.1 Å². The maximum absolute atomic E-state index is 11.1. The van der Waals surface area contributed by atoms with Gasteiger partial charge in [0.25, 0.3) is 5.69 Å². The minimum absolute atomic E-state index is 0.163. The molecule has 1 aliphatic heterocycles. The number of nitrogens with zero attached hydrogens (tertiary/aromatic N) is 2. The largest absolute Gasteiger partial charge is 0.382 e. The molecule has 0 amide bonds. The normalized spacial score (nSPS) is 20.0. The second-order valence-electron chi connectivity index (χ2n) is 5.80. The summed E-state index contributed by atoms with van der Waals surface area (Å²) in [5, 5.41) is 14.1. The zero-order valence-corrected chi connectivity index (χ0v) is 13.0. The number of nitrogens with one attached hydrogen (secondary N) is 1. The number of likely N-dealkylation sites (tertiary alicyclic amines) is 1. The van der Waals surface area contributed by atoms with Crippen molar-refractivity contribution in [1.29, 1.82) is 0 Å². The molecule has 0 spiro atoms. The summed E-state index contributed by atoms with van der Waals surface area (Å²) in [7, 11) is 1.75. The molecule has 0 bridgehead atoms. The highest BCUT2D eigenvalue weighted by atomic mass is 16.6. The van der Waals surface area contributed by atoms with Gasteiger partial charge in [-0.05, 0) is 43.8 Å². The first-order valence-electron chi connectivity index (χ1n) is 7.82. The molecular weight excluding hydrogens is 266 g/mol. The van der Waals surface area contributed by atoms with Crippen molar-refractivity contribution in [3.05, 3.63) is 33.9 Å². The lowest BCUT2D eigenvalue weighted by Gasteiger charge is -2.21. The van der Waals surface area contributed by atoms with Gasteiger partial charge in [0.05, 0.1) is 4.92 Å². The van der Waals surface area contributed by atoms with Crippen molar-refractivity contribution in [2.24, 2.45) is 5.92 Å². The van der Waals surface area contributed by atoms with E-state index in [2.05, 4.69) is 17.1 Å². The number of hydrogen-bond acceptors (Lipinski definition) is 4. The molecule has 1 saturated heterocycles. The lowest BCUT2D eigenvalue weighted by Crippen LogP contribution is -2.24. The number of anilines is 1. The highest BCUT2D eigenvalue weighted by Crippen LogP contribution is 2.29. The van der Waals surface area contributed by atoms with Crippen LogP contribution in [0.4, 0.5) is 11.4 Å². The molecule has 1 atom stereocenters. The Labute approximate surface area is 126 Å². The minimum atomic E-state index is -0.315. The fraction of sp³-hybridized carbons (Fsp3) is 0.625. The van der Waals surface area contributed by atoms with Crippen molar-refractivity contribution in [3.63, 3.8) is 0 Å². The van der Waals surface area contributed by atoms with E-state index in [1.54, 1.807) is 19.2 Å². The van der Waals surface area contributed by atoms with Gasteiger partial charge in [-0.25, -0.2) is 0 Å².